The molecule has 1 aliphatic rings. The molecule has 0 bridgehead atoms. The van der Waals surface area contributed by atoms with Crippen LogP contribution in [-0.4, -0.2) is 11.2 Å². The van der Waals surface area contributed by atoms with Gasteiger partial charge in [0.2, 0.25) is 0 Å². The third-order valence-electron chi connectivity index (χ3n) is 2.46. The molecular formula is C12H24O. The van der Waals surface area contributed by atoms with E-state index in [9.17, 15) is 0 Å². The zero-order valence-electron chi connectivity index (χ0n) is 9.46. The van der Waals surface area contributed by atoms with Gasteiger partial charge in [-0.1, -0.05) is 32.9 Å². The molecule has 1 rings (SSSR count). The highest BCUT2D eigenvalue weighted by Gasteiger charge is 1.99. The maximum absolute atomic E-state index is 8.63. The zero-order chi connectivity index (χ0) is 10.3. The van der Waals surface area contributed by atoms with Gasteiger partial charge < -0.3 is 5.11 Å². The highest BCUT2D eigenvalue weighted by atomic mass is 16.3. The fourth-order valence-electron chi connectivity index (χ4n) is 0.982. The van der Waals surface area contributed by atoms with Crippen molar-refractivity contribution in [2.75, 3.05) is 0 Å². The Bertz CT molecular complexity index is 130. The van der Waals surface area contributed by atoms with Gasteiger partial charge in [0.05, 0.1) is 6.10 Å². The average Bonchev–Trinajstić information content (AvgIpc) is 2.06. The second-order valence-corrected chi connectivity index (χ2v) is 4.32. The third-order valence-corrected chi connectivity index (χ3v) is 2.46. The number of allylic oxidation sites excluding steroid dienone is 2. The number of rotatable bonds is 1. The van der Waals surface area contributed by atoms with E-state index in [4.69, 9.17) is 5.11 Å². The van der Waals surface area contributed by atoms with E-state index in [1.54, 1.807) is 6.92 Å². The molecule has 1 nitrogen and oxygen atoms in total. The first-order valence-electron chi connectivity index (χ1n) is 5.38. The lowest BCUT2D eigenvalue weighted by Crippen LogP contribution is -2.07. The van der Waals surface area contributed by atoms with E-state index in [2.05, 4.69) is 19.1 Å². The SMILES string of the molecule is CC(C)C(C)O.CC1C=CCCC1. The van der Waals surface area contributed by atoms with Crippen LogP contribution < -0.4 is 0 Å². The molecule has 1 aliphatic carbocycles. The summed E-state index contributed by atoms with van der Waals surface area (Å²) in [6, 6.07) is 0. The third kappa shape index (κ3) is 8.04. The van der Waals surface area contributed by atoms with E-state index in [0.29, 0.717) is 5.92 Å². The van der Waals surface area contributed by atoms with E-state index in [-0.39, 0.29) is 6.10 Å². The monoisotopic (exact) mass is 184 g/mol. The normalized spacial score (nSPS) is 23.7. The summed E-state index contributed by atoms with van der Waals surface area (Å²) in [4.78, 5) is 0. The maximum Gasteiger partial charge on any atom is 0.0535 e. The van der Waals surface area contributed by atoms with Crippen molar-refractivity contribution < 1.29 is 5.11 Å². The van der Waals surface area contributed by atoms with Crippen molar-refractivity contribution in [3.05, 3.63) is 12.2 Å². The van der Waals surface area contributed by atoms with Crippen LogP contribution in [0.2, 0.25) is 0 Å². The van der Waals surface area contributed by atoms with Crippen molar-refractivity contribution in [2.24, 2.45) is 11.8 Å². The van der Waals surface area contributed by atoms with Gasteiger partial charge >= 0.3 is 0 Å². The highest BCUT2D eigenvalue weighted by Crippen LogP contribution is 2.14. The van der Waals surface area contributed by atoms with Crippen LogP contribution in [0.3, 0.4) is 0 Å². The lowest BCUT2D eigenvalue weighted by atomic mass is 9.98. The Kier molecular flexibility index (Phi) is 6.97. The van der Waals surface area contributed by atoms with Crippen molar-refractivity contribution >= 4 is 0 Å². The van der Waals surface area contributed by atoms with Crippen molar-refractivity contribution in [1.82, 2.24) is 0 Å². The van der Waals surface area contributed by atoms with Gasteiger partial charge in [-0.3, -0.25) is 0 Å². The molecule has 2 unspecified atom stereocenters. The van der Waals surface area contributed by atoms with Crippen LogP contribution in [0.15, 0.2) is 12.2 Å². The molecule has 0 aromatic carbocycles. The fourth-order valence-corrected chi connectivity index (χ4v) is 0.982. The summed E-state index contributed by atoms with van der Waals surface area (Å²) in [6.07, 6.45) is 8.56. The summed E-state index contributed by atoms with van der Waals surface area (Å²) in [5, 5.41) is 8.63. The van der Waals surface area contributed by atoms with Gasteiger partial charge in [0.1, 0.15) is 0 Å². The summed E-state index contributed by atoms with van der Waals surface area (Å²) >= 11 is 0. The molecule has 1 heteroatoms. The maximum atomic E-state index is 8.63. The molecule has 0 aliphatic heterocycles. The highest BCUT2D eigenvalue weighted by molar-refractivity contribution is 4.90. The Morgan fingerprint density at radius 2 is 1.85 bits per heavy atom. The van der Waals surface area contributed by atoms with Gasteiger partial charge in [-0.2, -0.15) is 0 Å². The molecule has 13 heavy (non-hydrogen) atoms. The van der Waals surface area contributed by atoms with Crippen LogP contribution in [0, 0.1) is 11.8 Å². The Morgan fingerprint density at radius 1 is 1.31 bits per heavy atom. The molecule has 0 amide bonds. The predicted molar refractivity (Wildman–Crippen MR) is 58.7 cm³/mol. The number of hydrogen-bond acceptors (Lipinski definition) is 1. The van der Waals surface area contributed by atoms with Crippen LogP contribution in [-0.2, 0) is 0 Å². The molecule has 2 atom stereocenters. The molecule has 0 spiro atoms. The van der Waals surface area contributed by atoms with Crippen LogP contribution in [0.5, 0.6) is 0 Å². The van der Waals surface area contributed by atoms with Crippen LogP contribution in [0.1, 0.15) is 47.0 Å². The van der Waals surface area contributed by atoms with Crippen molar-refractivity contribution in [3.8, 4) is 0 Å². The van der Waals surface area contributed by atoms with Crippen molar-refractivity contribution in [2.45, 2.75) is 53.1 Å². The Balaban J connectivity index is 0.000000226. The van der Waals surface area contributed by atoms with Gasteiger partial charge in [-0.25, -0.2) is 0 Å². The minimum atomic E-state index is -0.148. The first-order chi connectivity index (χ1) is 6.04. The molecule has 0 heterocycles. The van der Waals surface area contributed by atoms with Crippen LogP contribution >= 0.6 is 0 Å². The van der Waals surface area contributed by atoms with Crippen LogP contribution in [0.25, 0.3) is 0 Å². The average molecular weight is 184 g/mol. The molecule has 0 aromatic rings. The Hall–Kier alpha value is -0.300. The molecular weight excluding hydrogens is 160 g/mol. The van der Waals surface area contributed by atoms with E-state index in [1.807, 2.05) is 13.8 Å². The fraction of sp³-hybridized carbons (Fsp3) is 0.833. The molecule has 0 aromatic heterocycles. The van der Waals surface area contributed by atoms with Gasteiger partial charge in [-0.15, -0.1) is 0 Å². The minimum absolute atomic E-state index is 0.148. The smallest absolute Gasteiger partial charge is 0.0535 e. The summed E-state index contributed by atoms with van der Waals surface area (Å²) in [7, 11) is 0. The number of aliphatic hydroxyl groups excluding tert-OH is 1. The molecule has 0 fully saturated rings. The second-order valence-electron chi connectivity index (χ2n) is 4.32. The zero-order valence-corrected chi connectivity index (χ0v) is 9.46. The topological polar surface area (TPSA) is 20.2 Å². The Labute approximate surface area is 82.9 Å². The lowest BCUT2D eigenvalue weighted by Gasteiger charge is -2.08. The van der Waals surface area contributed by atoms with Crippen molar-refractivity contribution in [3.63, 3.8) is 0 Å². The van der Waals surface area contributed by atoms with E-state index in [1.165, 1.54) is 19.3 Å². The van der Waals surface area contributed by atoms with Gasteiger partial charge in [-0.05, 0) is 38.0 Å². The number of aliphatic hydroxyl groups is 1. The first-order valence-corrected chi connectivity index (χ1v) is 5.38. The van der Waals surface area contributed by atoms with E-state index < -0.39 is 0 Å². The number of hydrogen-bond donors (Lipinski definition) is 1. The van der Waals surface area contributed by atoms with Crippen molar-refractivity contribution in [1.29, 1.82) is 0 Å². The van der Waals surface area contributed by atoms with Crippen LogP contribution in [0.4, 0.5) is 0 Å². The molecule has 1 N–H and O–H groups in total. The van der Waals surface area contributed by atoms with Gasteiger partial charge in [0.15, 0.2) is 0 Å². The first kappa shape index (κ1) is 12.7. The summed E-state index contributed by atoms with van der Waals surface area (Å²) in [5.41, 5.74) is 0. The molecule has 0 radical (unpaired) electrons. The van der Waals surface area contributed by atoms with Gasteiger partial charge in [0, 0.05) is 0 Å². The standard InChI is InChI=1S/C7H12.C5H12O/c1-7-5-3-2-4-6-7;1-4(2)5(3)6/h3,5,7H,2,4,6H2,1H3;4-6H,1-3H3. The lowest BCUT2D eigenvalue weighted by molar-refractivity contribution is 0.144. The summed E-state index contributed by atoms with van der Waals surface area (Å²) in [5.74, 6) is 1.26. The molecule has 78 valence electrons. The largest absolute Gasteiger partial charge is 0.393 e. The van der Waals surface area contributed by atoms with Gasteiger partial charge in [0.25, 0.3) is 0 Å². The van der Waals surface area contributed by atoms with E-state index in [0.717, 1.165) is 5.92 Å². The molecule has 0 saturated heterocycles. The Morgan fingerprint density at radius 3 is 2.00 bits per heavy atom. The minimum Gasteiger partial charge on any atom is -0.393 e. The summed E-state index contributed by atoms with van der Waals surface area (Å²) in [6.45, 7) is 8.05. The van der Waals surface area contributed by atoms with E-state index >= 15 is 0 Å². The quantitative estimate of drug-likeness (QED) is 0.619. The molecule has 0 saturated carbocycles. The second kappa shape index (κ2) is 7.14. The summed E-state index contributed by atoms with van der Waals surface area (Å²) < 4.78 is 0. The predicted octanol–water partition coefficient (Wildman–Crippen LogP) is 3.39.